The van der Waals surface area contributed by atoms with Gasteiger partial charge in [0.15, 0.2) is 0 Å². The van der Waals surface area contributed by atoms with Gasteiger partial charge in [-0.1, -0.05) is 0 Å². The first-order chi connectivity index (χ1) is 14.8. The minimum Gasteiger partial charge on any atom is -0.462 e. The third-order valence-electron chi connectivity index (χ3n) is 4.88. The summed E-state index contributed by atoms with van der Waals surface area (Å²) >= 11 is 0. The van der Waals surface area contributed by atoms with Crippen LogP contribution < -0.4 is 15.7 Å². The smallest absolute Gasteiger partial charge is 0.336 e. The van der Waals surface area contributed by atoms with E-state index in [1.807, 2.05) is 0 Å². The largest absolute Gasteiger partial charge is 0.462 e. The molecule has 2 aromatic rings. The lowest BCUT2D eigenvalue weighted by Gasteiger charge is -2.39. The van der Waals surface area contributed by atoms with E-state index in [4.69, 9.17) is 18.6 Å². The second-order valence-corrected chi connectivity index (χ2v) is 7.08. The van der Waals surface area contributed by atoms with Crippen LogP contribution in [0.1, 0.15) is 5.56 Å². The Hall–Kier alpha value is -2.54. The van der Waals surface area contributed by atoms with Crippen molar-refractivity contribution in [2.45, 2.75) is 37.1 Å². The molecule has 170 valence electrons. The van der Waals surface area contributed by atoms with Gasteiger partial charge in [0, 0.05) is 31.2 Å². The summed E-state index contributed by atoms with van der Waals surface area (Å²) in [6.07, 6.45) is -7.22. The number of ether oxygens (including phenoxy) is 3. The number of aliphatic hydroxyl groups excluding tert-OH is 4. The summed E-state index contributed by atoms with van der Waals surface area (Å²) < 4.78 is 20.9. The molecule has 0 unspecified atom stereocenters. The molecule has 11 nitrogen and oxygen atoms in total. The highest BCUT2D eigenvalue weighted by Gasteiger charge is 2.44. The van der Waals surface area contributed by atoms with Gasteiger partial charge in [-0.15, -0.1) is 0 Å². The Morgan fingerprint density at radius 2 is 1.94 bits per heavy atom. The fourth-order valence-electron chi connectivity index (χ4n) is 3.26. The SMILES string of the molecule is COCCNC(=O)Cc1cc(=O)oc2cc(O[C@@H]3O[C@H](CO)[C@H](O)[C@H](O)[C@H]3O)ccc12. The monoisotopic (exact) mass is 439 g/mol. The fraction of sp³-hybridized carbons (Fsp3) is 0.500. The van der Waals surface area contributed by atoms with Crippen LogP contribution in [0.4, 0.5) is 0 Å². The molecule has 5 N–H and O–H groups in total. The van der Waals surface area contributed by atoms with Crippen molar-refractivity contribution in [2.75, 3.05) is 26.9 Å². The third-order valence-corrected chi connectivity index (χ3v) is 4.88. The van der Waals surface area contributed by atoms with Crippen LogP contribution in [0.25, 0.3) is 11.0 Å². The number of fused-ring (bicyclic) bond motifs is 1. The predicted octanol–water partition coefficient (Wildman–Crippen LogP) is -1.72. The van der Waals surface area contributed by atoms with Gasteiger partial charge in [-0.25, -0.2) is 4.79 Å². The molecular formula is C20H25NO10. The van der Waals surface area contributed by atoms with E-state index in [1.165, 1.54) is 25.3 Å². The summed E-state index contributed by atoms with van der Waals surface area (Å²) in [6, 6.07) is 5.70. The normalized spacial score (nSPS) is 26.0. The molecule has 0 spiro atoms. The van der Waals surface area contributed by atoms with Gasteiger partial charge in [-0.3, -0.25) is 4.79 Å². The quantitative estimate of drug-likeness (QED) is 0.236. The van der Waals surface area contributed by atoms with Crippen molar-refractivity contribution in [1.29, 1.82) is 0 Å². The molecule has 0 bridgehead atoms. The van der Waals surface area contributed by atoms with Gasteiger partial charge >= 0.3 is 5.63 Å². The average molecular weight is 439 g/mol. The van der Waals surface area contributed by atoms with Crippen molar-refractivity contribution in [3.8, 4) is 5.75 Å². The molecular weight excluding hydrogens is 414 g/mol. The lowest BCUT2D eigenvalue weighted by molar-refractivity contribution is -0.277. The number of rotatable bonds is 8. The van der Waals surface area contributed by atoms with E-state index >= 15 is 0 Å². The molecule has 1 saturated heterocycles. The van der Waals surface area contributed by atoms with Gasteiger partial charge in [0.05, 0.1) is 19.6 Å². The summed E-state index contributed by atoms with van der Waals surface area (Å²) in [6.45, 7) is 0.112. The Labute approximate surface area is 176 Å². The highest BCUT2D eigenvalue weighted by molar-refractivity contribution is 5.87. The van der Waals surface area contributed by atoms with Crippen molar-refractivity contribution in [3.05, 3.63) is 40.2 Å². The van der Waals surface area contributed by atoms with E-state index in [0.29, 0.717) is 24.1 Å². The summed E-state index contributed by atoms with van der Waals surface area (Å²) in [4.78, 5) is 24.0. The Morgan fingerprint density at radius 1 is 1.16 bits per heavy atom. The van der Waals surface area contributed by atoms with E-state index in [0.717, 1.165) is 0 Å². The van der Waals surface area contributed by atoms with Gasteiger partial charge < -0.3 is 44.4 Å². The van der Waals surface area contributed by atoms with Gasteiger partial charge in [0.25, 0.3) is 0 Å². The Balaban J connectivity index is 1.80. The molecule has 1 aromatic heterocycles. The van der Waals surface area contributed by atoms with Crippen molar-refractivity contribution < 1.29 is 43.8 Å². The molecule has 0 saturated carbocycles. The summed E-state index contributed by atoms with van der Waals surface area (Å²) in [7, 11) is 1.52. The molecule has 1 aromatic carbocycles. The molecule has 0 radical (unpaired) electrons. The maximum Gasteiger partial charge on any atom is 0.336 e. The van der Waals surface area contributed by atoms with E-state index in [1.54, 1.807) is 6.07 Å². The number of carbonyl (C=O) groups excluding carboxylic acids is 1. The average Bonchev–Trinajstić information content (AvgIpc) is 2.74. The van der Waals surface area contributed by atoms with Crippen LogP contribution in [0, 0.1) is 0 Å². The van der Waals surface area contributed by atoms with Gasteiger partial charge in [0.2, 0.25) is 12.2 Å². The van der Waals surface area contributed by atoms with Crippen LogP contribution in [0.2, 0.25) is 0 Å². The molecule has 3 rings (SSSR count). The van der Waals surface area contributed by atoms with Crippen molar-refractivity contribution in [3.63, 3.8) is 0 Å². The van der Waals surface area contributed by atoms with Crippen LogP contribution >= 0.6 is 0 Å². The molecule has 0 aliphatic carbocycles. The number of benzene rings is 1. The Kier molecular flexibility index (Phi) is 7.59. The Bertz CT molecular complexity index is 959. The molecule has 1 amide bonds. The molecule has 5 atom stereocenters. The zero-order chi connectivity index (χ0) is 22.5. The van der Waals surface area contributed by atoms with Gasteiger partial charge in [0.1, 0.15) is 35.7 Å². The molecule has 2 heterocycles. The second kappa shape index (κ2) is 10.2. The third kappa shape index (κ3) is 5.39. The molecule has 1 fully saturated rings. The zero-order valence-electron chi connectivity index (χ0n) is 16.8. The first-order valence-electron chi connectivity index (χ1n) is 9.63. The lowest BCUT2D eigenvalue weighted by atomic mass is 9.99. The number of nitrogens with one attached hydrogen (secondary N) is 1. The number of aliphatic hydroxyl groups is 4. The fourth-order valence-corrected chi connectivity index (χ4v) is 3.26. The summed E-state index contributed by atoms with van der Waals surface area (Å²) in [5.74, 6) is -0.146. The van der Waals surface area contributed by atoms with Crippen LogP contribution in [0.3, 0.4) is 0 Å². The van der Waals surface area contributed by atoms with Crippen LogP contribution in [-0.2, 0) is 20.7 Å². The highest BCUT2D eigenvalue weighted by Crippen LogP contribution is 2.27. The molecule has 1 aliphatic heterocycles. The first kappa shape index (κ1) is 23.1. The van der Waals surface area contributed by atoms with Gasteiger partial charge in [-0.2, -0.15) is 0 Å². The molecule has 31 heavy (non-hydrogen) atoms. The van der Waals surface area contributed by atoms with Crippen LogP contribution in [0.5, 0.6) is 5.75 Å². The Morgan fingerprint density at radius 3 is 2.65 bits per heavy atom. The number of methoxy groups -OCH3 is 1. The first-order valence-corrected chi connectivity index (χ1v) is 9.63. The summed E-state index contributed by atoms with van der Waals surface area (Å²) in [5.41, 5.74) is -0.0491. The number of hydrogen-bond donors (Lipinski definition) is 5. The van der Waals surface area contributed by atoms with E-state index in [2.05, 4.69) is 5.32 Å². The minimum absolute atomic E-state index is 0.0429. The van der Waals surface area contributed by atoms with Crippen LogP contribution in [-0.4, -0.2) is 83.9 Å². The number of amides is 1. The molecule has 1 aliphatic rings. The topological polar surface area (TPSA) is 168 Å². The van der Waals surface area contributed by atoms with E-state index in [9.17, 15) is 30.0 Å². The highest BCUT2D eigenvalue weighted by atomic mass is 16.7. The van der Waals surface area contributed by atoms with E-state index < -0.39 is 42.9 Å². The van der Waals surface area contributed by atoms with Crippen LogP contribution in [0.15, 0.2) is 33.5 Å². The van der Waals surface area contributed by atoms with Crippen molar-refractivity contribution in [1.82, 2.24) is 5.32 Å². The number of hydrogen-bond acceptors (Lipinski definition) is 10. The zero-order valence-corrected chi connectivity index (χ0v) is 16.8. The minimum atomic E-state index is -1.59. The maximum atomic E-state index is 12.1. The van der Waals surface area contributed by atoms with Crippen molar-refractivity contribution in [2.24, 2.45) is 0 Å². The second-order valence-electron chi connectivity index (χ2n) is 7.08. The maximum absolute atomic E-state index is 12.1. The lowest BCUT2D eigenvalue weighted by Crippen LogP contribution is -2.60. The number of carbonyl (C=O) groups is 1. The summed E-state index contributed by atoms with van der Waals surface area (Å²) in [5, 5.41) is 42.3. The standard InChI is InChI=1S/C20H25NO10/c1-28-5-4-21-15(23)6-10-7-16(24)30-13-8-11(2-3-12(10)13)29-20-19(27)18(26)17(25)14(9-22)31-20/h2-3,7-8,14,17-20,22,25-27H,4-6,9H2,1H3,(H,21,23)/t14-,17+,18+,19-,20-/m1/s1. The van der Waals surface area contributed by atoms with Gasteiger partial charge in [-0.05, 0) is 17.7 Å². The van der Waals surface area contributed by atoms with Crippen molar-refractivity contribution >= 4 is 16.9 Å². The molecule has 11 heteroatoms. The predicted molar refractivity (Wildman–Crippen MR) is 105 cm³/mol. The van der Waals surface area contributed by atoms with E-state index in [-0.39, 0.29) is 23.7 Å².